The fourth-order valence-electron chi connectivity index (χ4n) is 3.12. The van der Waals surface area contributed by atoms with Crippen molar-refractivity contribution < 1.29 is 32.6 Å². The maximum atomic E-state index is 14.2. The average Bonchev–Trinajstić information content (AvgIpc) is 2.65. The smallest absolute Gasteiger partial charge is 0.410 e. The number of hydrogen-bond donors (Lipinski definition) is 0. The van der Waals surface area contributed by atoms with E-state index in [1.54, 1.807) is 32.6 Å². The first-order valence-corrected chi connectivity index (χ1v) is 10.1. The van der Waals surface area contributed by atoms with Crippen molar-refractivity contribution in [2.75, 3.05) is 26.2 Å². The highest BCUT2D eigenvalue weighted by molar-refractivity contribution is 5.71. The van der Waals surface area contributed by atoms with Crippen molar-refractivity contribution in [2.24, 2.45) is 0 Å². The van der Waals surface area contributed by atoms with Gasteiger partial charge in [0.2, 0.25) is 0 Å². The number of ether oxygens (including phenoxy) is 3. The minimum absolute atomic E-state index is 0.0758. The summed E-state index contributed by atoms with van der Waals surface area (Å²) in [6.07, 6.45) is -0.536. The van der Waals surface area contributed by atoms with E-state index >= 15 is 0 Å². The predicted molar refractivity (Wildman–Crippen MR) is 106 cm³/mol. The molecule has 2 rings (SSSR count). The van der Waals surface area contributed by atoms with E-state index in [9.17, 15) is 18.4 Å². The van der Waals surface area contributed by atoms with Gasteiger partial charge in [0.15, 0.2) is 0 Å². The molecule has 0 saturated carbocycles. The summed E-state index contributed by atoms with van der Waals surface area (Å²) in [6.45, 7) is 9.52. The van der Waals surface area contributed by atoms with Crippen LogP contribution in [0.1, 0.15) is 46.6 Å². The van der Waals surface area contributed by atoms with Gasteiger partial charge in [-0.1, -0.05) is 6.92 Å². The summed E-state index contributed by atoms with van der Waals surface area (Å²) < 4.78 is 44.0. The Labute approximate surface area is 175 Å². The van der Waals surface area contributed by atoms with Gasteiger partial charge in [-0.2, -0.15) is 0 Å². The summed E-state index contributed by atoms with van der Waals surface area (Å²) >= 11 is 0. The van der Waals surface area contributed by atoms with Crippen LogP contribution in [0.5, 0.6) is 5.75 Å². The van der Waals surface area contributed by atoms with Crippen LogP contribution in [0, 0.1) is 11.6 Å². The maximum absolute atomic E-state index is 14.2. The SMILES string of the molecule is CCOc1cc(F)c(COC(=O)N2CCN(C(=O)OC(C)(C)C)C[C@H]2CC)c(F)c1. The zero-order chi connectivity index (χ0) is 22.5. The zero-order valence-electron chi connectivity index (χ0n) is 18.2. The van der Waals surface area contributed by atoms with Crippen LogP contribution in [0.15, 0.2) is 12.1 Å². The van der Waals surface area contributed by atoms with Gasteiger partial charge >= 0.3 is 12.2 Å². The summed E-state index contributed by atoms with van der Waals surface area (Å²) in [5.41, 5.74) is -0.951. The Hall–Kier alpha value is -2.58. The molecule has 1 saturated heterocycles. The molecule has 1 aromatic carbocycles. The molecule has 0 bridgehead atoms. The van der Waals surface area contributed by atoms with Crippen molar-refractivity contribution in [1.29, 1.82) is 0 Å². The molecule has 1 heterocycles. The molecule has 0 aromatic heterocycles. The van der Waals surface area contributed by atoms with E-state index in [1.165, 1.54) is 4.90 Å². The Morgan fingerprint density at radius 3 is 2.27 bits per heavy atom. The molecule has 9 heteroatoms. The summed E-state index contributed by atoms with van der Waals surface area (Å²) in [5.74, 6) is -1.60. The second-order valence-corrected chi connectivity index (χ2v) is 8.03. The minimum Gasteiger partial charge on any atom is -0.494 e. The number of benzene rings is 1. The van der Waals surface area contributed by atoms with E-state index in [4.69, 9.17) is 14.2 Å². The Morgan fingerprint density at radius 1 is 1.10 bits per heavy atom. The van der Waals surface area contributed by atoms with Gasteiger partial charge in [-0.05, 0) is 34.1 Å². The van der Waals surface area contributed by atoms with Gasteiger partial charge in [0.25, 0.3) is 0 Å². The average molecular weight is 428 g/mol. The van der Waals surface area contributed by atoms with Crippen LogP contribution in [0.3, 0.4) is 0 Å². The van der Waals surface area contributed by atoms with Crippen molar-refractivity contribution in [1.82, 2.24) is 9.80 Å². The molecule has 1 aliphatic rings. The van der Waals surface area contributed by atoms with E-state index < -0.39 is 36.0 Å². The van der Waals surface area contributed by atoms with Crippen LogP contribution in [-0.2, 0) is 16.1 Å². The molecular formula is C21H30F2N2O5. The highest BCUT2D eigenvalue weighted by atomic mass is 19.1. The van der Waals surface area contributed by atoms with Crippen LogP contribution < -0.4 is 4.74 Å². The largest absolute Gasteiger partial charge is 0.494 e. The number of halogens is 2. The Bertz CT molecular complexity index is 743. The summed E-state index contributed by atoms with van der Waals surface area (Å²) in [7, 11) is 0. The number of amides is 2. The second kappa shape index (κ2) is 9.95. The molecule has 1 aliphatic heterocycles. The Balaban J connectivity index is 1.98. The van der Waals surface area contributed by atoms with Gasteiger partial charge in [-0.25, -0.2) is 18.4 Å². The van der Waals surface area contributed by atoms with Gasteiger partial charge in [0.1, 0.15) is 29.6 Å². The highest BCUT2D eigenvalue weighted by Gasteiger charge is 2.34. The second-order valence-electron chi connectivity index (χ2n) is 8.03. The van der Waals surface area contributed by atoms with Crippen molar-refractivity contribution in [3.8, 4) is 5.75 Å². The third kappa shape index (κ3) is 6.21. The van der Waals surface area contributed by atoms with Crippen molar-refractivity contribution in [3.05, 3.63) is 29.3 Å². The summed E-state index contributed by atoms with van der Waals surface area (Å²) in [4.78, 5) is 27.9. The van der Waals surface area contributed by atoms with E-state index in [1.807, 2.05) is 6.92 Å². The van der Waals surface area contributed by atoms with E-state index in [0.29, 0.717) is 13.0 Å². The van der Waals surface area contributed by atoms with Crippen LogP contribution in [0.4, 0.5) is 18.4 Å². The first kappa shape index (κ1) is 23.7. The topological polar surface area (TPSA) is 68.3 Å². The maximum Gasteiger partial charge on any atom is 0.410 e. The van der Waals surface area contributed by atoms with Gasteiger partial charge < -0.3 is 24.0 Å². The Kier molecular flexibility index (Phi) is 7.86. The number of carbonyl (C=O) groups is 2. The van der Waals surface area contributed by atoms with E-state index in [-0.39, 0.29) is 37.1 Å². The number of carbonyl (C=O) groups excluding carboxylic acids is 2. The van der Waals surface area contributed by atoms with Crippen molar-refractivity contribution in [3.63, 3.8) is 0 Å². The molecule has 1 atom stereocenters. The minimum atomic E-state index is -0.840. The molecule has 30 heavy (non-hydrogen) atoms. The molecular weight excluding hydrogens is 398 g/mol. The molecule has 7 nitrogen and oxygen atoms in total. The number of nitrogens with zero attached hydrogens (tertiary/aromatic N) is 2. The predicted octanol–water partition coefficient (Wildman–Crippen LogP) is 4.33. The van der Waals surface area contributed by atoms with Crippen LogP contribution in [0.2, 0.25) is 0 Å². The van der Waals surface area contributed by atoms with Gasteiger partial charge in [-0.15, -0.1) is 0 Å². The Morgan fingerprint density at radius 2 is 1.73 bits per heavy atom. The zero-order valence-corrected chi connectivity index (χ0v) is 18.2. The molecule has 0 radical (unpaired) electrons. The standard InChI is InChI=1S/C21H30F2N2O5/c1-6-14-12-24(19(26)30-21(3,4)5)8-9-25(14)20(27)29-13-16-17(22)10-15(28-7-2)11-18(16)23/h10-11,14H,6-9,12-13H2,1-5H3/t14-/m1/s1. The fourth-order valence-corrected chi connectivity index (χ4v) is 3.12. The molecule has 1 fully saturated rings. The third-order valence-corrected chi connectivity index (χ3v) is 4.61. The van der Waals surface area contributed by atoms with Crippen molar-refractivity contribution >= 4 is 12.2 Å². The molecule has 1 aromatic rings. The van der Waals surface area contributed by atoms with Crippen LogP contribution >= 0.6 is 0 Å². The lowest BCUT2D eigenvalue weighted by Gasteiger charge is -2.40. The molecule has 168 valence electrons. The quantitative estimate of drug-likeness (QED) is 0.698. The normalized spacial score (nSPS) is 17.0. The van der Waals surface area contributed by atoms with E-state index in [2.05, 4.69) is 0 Å². The lowest BCUT2D eigenvalue weighted by molar-refractivity contribution is 0.000528. The lowest BCUT2D eigenvalue weighted by atomic mass is 10.1. The van der Waals surface area contributed by atoms with E-state index in [0.717, 1.165) is 12.1 Å². The molecule has 0 aliphatic carbocycles. The number of rotatable bonds is 5. The highest BCUT2D eigenvalue weighted by Crippen LogP contribution is 2.23. The van der Waals surface area contributed by atoms with Crippen LogP contribution in [-0.4, -0.2) is 59.9 Å². The van der Waals surface area contributed by atoms with Gasteiger partial charge in [-0.3, -0.25) is 0 Å². The first-order chi connectivity index (χ1) is 14.1. The number of hydrogen-bond acceptors (Lipinski definition) is 5. The van der Waals surface area contributed by atoms with Crippen molar-refractivity contribution in [2.45, 2.75) is 59.3 Å². The first-order valence-electron chi connectivity index (χ1n) is 10.1. The van der Waals surface area contributed by atoms with Crippen LogP contribution in [0.25, 0.3) is 0 Å². The third-order valence-electron chi connectivity index (χ3n) is 4.61. The van der Waals surface area contributed by atoms with Gasteiger partial charge in [0.05, 0.1) is 18.2 Å². The number of piperazine rings is 1. The summed E-state index contributed by atoms with van der Waals surface area (Å²) in [6, 6.07) is 1.84. The lowest BCUT2D eigenvalue weighted by Crippen LogP contribution is -2.57. The molecule has 0 spiro atoms. The molecule has 2 amide bonds. The molecule has 0 N–H and O–H groups in total. The molecule has 0 unspecified atom stereocenters. The van der Waals surface area contributed by atoms with Gasteiger partial charge in [0, 0.05) is 31.8 Å². The monoisotopic (exact) mass is 428 g/mol. The summed E-state index contributed by atoms with van der Waals surface area (Å²) in [5, 5.41) is 0. The fraction of sp³-hybridized carbons (Fsp3) is 0.619.